The number of benzene rings is 2. The largest absolute Gasteiger partial charge is 0.496 e. The van der Waals surface area contributed by atoms with Gasteiger partial charge in [-0.2, -0.15) is 0 Å². The lowest BCUT2D eigenvalue weighted by atomic mass is 9.77. The van der Waals surface area contributed by atoms with Gasteiger partial charge in [-0.3, -0.25) is 14.4 Å². The number of aliphatic hydroxyl groups excluding tert-OH is 2. The molecule has 1 heterocycles. The Labute approximate surface area is 215 Å². The quantitative estimate of drug-likeness (QED) is 0.414. The molecule has 9 nitrogen and oxygen atoms in total. The highest BCUT2D eigenvalue weighted by atomic mass is 16.5. The van der Waals surface area contributed by atoms with Gasteiger partial charge in [-0.05, 0) is 30.2 Å². The highest BCUT2D eigenvalue weighted by molar-refractivity contribution is 6.36. The predicted molar refractivity (Wildman–Crippen MR) is 135 cm³/mol. The number of ketones is 1. The number of para-hydroxylation sites is 2. The van der Waals surface area contributed by atoms with Crippen molar-refractivity contribution in [2.75, 3.05) is 26.8 Å². The zero-order valence-corrected chi connectivity index (χ0v) is 20.9. The lowest BCUT2D eigenvalue weighted by Crippen LogP contribution is -2.57. The molecule has 2 aliphatic rings. The molecule has 0 unspecified atom stereocenters. The van der Waals surface area contributed by atoms with Crippen LogP contribution >= 0.6 is 0 Å². The van der Waals surface area contributed by atoms with E-state index >= 15 is 0 Å². The number of methoxy groups -OCH3 is 1. The summed E-state index contributed by atoms with van der Waals surface area (Å²) in [5.41, 5.74) is 1.91. The van der Waals surface area contributed by atoms with Crippen LogP contribution in [-0.4, -0.2) is 77.8 Å². The number of carbonyl (C=O) groups is 3. The second kappa shape index (κ2) is 11.6. The van der Waals surface area contributed by atoms with E-state index in [4.69, 9.17) is 9.47 Å². The first kappa shape index (κ1) is 26.4. The number of fused-ring (bicyclic) bond motifs is 3. The van der Waals surface area contributed by atoms with Crippen molar-refractivity contribution in [1.29, 1.82) is 0 Å². The molecule has 0 radical (unpaired) electrons. The zero-order valence-electron chi connectivity index (χ0n) is 20.9. The smallest absolute Gasteiger partial charge is 0.290 e. The van der Waals surface area contributed by atoms with E-state index in [-0.39, 0.29) is 26.1 Å². The molecule has 2 aromatic carbocycles. The molecule has 1 aliphatic heterocycles. The molecular formula is C28H32N2O7. The normalized spacial score (nSPS) is 21.7. The van der Waals surface area contributed by atoms with Crippen LogP contribution in [-0.2, 0) is 20.8 Å². The van der Waals surface area contributed by atoms with Crippen molar-refractivity contribution in [2.45, 2.75) is 43.9 Å². The van der Waals surface area contributed by atoms with E-state index in [1.54, 1.807) is 32.2 Å². The molecule has 2 aromatic rings. The van der Waals surface area contributed by atoms with E-state index < -0.39 is 41.8 Å². The van der Waals surface area contributed by atoms with Crippen molar-refractivity contribution in [3.63, 3.8) is 0 Å². The lowest BCUT2D eigenvalue weighted by Gasteiger charge is -2.40. The number of amides is 2. The standard InChI is InChI=1S/C28H32N2O7/c1-3-21(32)28(35)30(14-12-17-8-4-6-10-22(17)36-2)20-16-19(27(34)29-13-15-31)24-18-9-5-7-11-23(18)37-26(24)25(20)33/h4-11,16,20,24-26,31,33H,3,12-15H2,1-2H3,(H,29,34)/t20-,24+,25+,26+/m1/s1. The molecule has 37 heavy (non-hydrogen) atoms. The molecule has 0 spiro atoms. The molecule has 0 bridgehead atoms. The first-order valence-electron chi connectivity index (χ1n) is 12.4. The second-order valence-corrected chi connectivity index (χ2v) is 9.02. The first-order chi connectivity index (χ1) is 17.9. The van der Waals surface area contributed by atoms with Gasteiger partial charge < -0.3 is 29.9 Å². The number of nitrogens with one attached hydrogen (secondary N) is 1. The third kappa shape index (κ3) is 5.23. The molecule has 4 atom stereocenters. The topological polar surface area (TPSA) is 125 Å². The van der Waals surface area contributed by atoms with Gasteiger partial charge in [0.15, 0.2) is 0 Å². The average molecular weight is 509 g/mol. The summed E-state index contributed by atoms with van der Waals surface area (Å²) >= 11 is 0. The van der Waals surface area contributed by atoms with E-state index in [0.29, 0.717) is 23.5 Å². The Kier molecular flexibility index (Phi) is 8.25. The van der Waals surface area contributed by atoms with Crippen LogP contribution in [0.5, 0.6) is 11.5 Å². The molecule has 3 N–H and O–H groups in total. The SMILES string of the molecule is CCC(=O)C(=O)N(CCc1ccccc1OC)[C@@H]1C=C(C(=O)NCCO)[C@@H]2c3ccccc3O[C@@H]2[C@H]1O. The minimum atomic E-state index is -1.20. The molecule has 9 heteroatoms. The fraction of sp³-hybridized carbons (Fsp3) is 0.393. The number of carbonyl (C=O) groups excluding carboxylic acids is 3. The molecule has 0 saturated carbocycles. The minimum absolute atomic E-state index is 0.00829. The van der Waals surface area contributed by atoms with Crippen molar-refractivity contribution in [3.8, 4) is 11.5 Å². The summed E-state index contributed by atoms with van der Waals surface area (Å²) < 4.78 is 11.5. The van der Waals surface area contributed by atoms with E-state index in [9.17, 15) is 24.6 Å². The number of Topliss-reactive ketones (excluding diaryl/α,β-unsaturated/α-hetero) is 1. The zero-order chi connectivity index (χ0) is 26.5. The summed E-state index contributed by atoms with van der Waals surface area (Å²) in [6.07, 6.45) is -0.0921. The van der Waals surface area contributed by atoms with E-state index in [1.807, 2.05) is 36.4 Å². The maximum Gasteiger partial charge on any atom is 0.290 e. The molecule has 0 aromatic heterocycles. The van der Waals surface area contributed by atoms with E-state index in [2.05, 4.69) is 5.32 Å². The molecule has 4 rings (SSSR count). The van der Waals surface area contributed by atoms with Gasteiger partial charge >= 0.3 is 0 Å². The van der Waals surface area contributed by atoms with E-state index in [1.165, 1.54) is 4.90 Å². The summed E-state index contributed by atoms with van der Waals surface area (Å²) in [7, 11) is 1.56. The monoisotopic (exact) mass is 508 g/mol. The Morgan fingerprint density at radius 3 is 2.57 bits per heavy atom. The van der Waals surface area contributed by atoms with Gasteiger partial charge in [0, 0.05) is 30.6 Å². The minimum Gasteiger partial charge on any atom is -0.496 e. The molecule has 0 saturated heterocycles. The van der Waals surface area contributed by atoms with Crippen LogP contribution in [0.4, 0.5) is 0 Å². The maximum absolute atomic E-state index is 13.3. The third-order valence-electron chi connectivity index (χ3n) is 6.87. The fourth-order valence-electron chi connectivity index (χ4n) is 5.04. The summed E-state index contributed by atoms with van der Waals surface area (Å²) in [5, 5.41) is 23.4. The van der Waals surface area contributed by atoms with E-state index in [0.717, 1.165) is 11.1 Å². The van der Waals surface area contributed by atoms with Crippen LogP contribution in [0.1, 0.15) is 30.4 Å². The fourth-order valence-corrected chi connectivity index (χ4v) is 5.04. The highest BCUT2D eigenvalue weighted by Crippen LogP contribution is 2.47. The number of rotatable bonds is 10. The summed E-state index contributed by atoms with van der Waals surface area (Å²) in [6.45, 7) is 1.53. The predicted octanol–water partition coefficient (Wildman–Crippen LogP) is 1.37. The van der Waals surface area contributed by atoms with Crippen molar-refractivity contribution in [1.82, 2.24) is 10.2 Å². The summed E-state index contributed by atoms with van der Waals surface area (Å²) in [6, 6.07) is 13.6. The lowest BCUT2D eigenvalue weighted by molar-refractivity contribution is -0.148. The molecule has 2 amide bonds. The van der Waals surface area contributed by atoms with Crippen LogP contribution in [0.25, 0.3) is 0 Å². The van der Waals surface area contributed by atoms with Crippen molar-refractivity contribution in [2.24, 2.45) is 0 Å². The Morgan fingerprint density at radius 2 is 1.84 bits per heavy atom. The van der Waals surface area contributed by atoms with Gasteiger partial charge in [0.25, 0.3) is 5.91 Å². The number of aliphatic hydroxyl groups is 2. The van der Waals surface area contributed by atoms with Gasteiger partial charge in [-0.1, -0.05) is 43.3 Å². The molecular weight excluding hydrogens is 476 g/mol. The Morgan fingerprint density at radius 1 is 1.11 bits per heavy atom. The summed E-state index contributed by atoms with van der Waals surface area (Å²) in [4.78, 5) is 40.3. The van der Waals surface area contributed by atoms with Gasteiger partial charge in [0.2, 0.25) is 11.7 Å². The molecule has 196 valence electrons. The van der Waals surface area contributed by atoms with Crippen LogP contribution < -0.4 is 14.8 Å². The van der Waals surface area contributed by atoms with Crippen molar-refractivity contribution in [3.05, 3.63) is 71.3 Å². The van der Waals surface area contributed by atoms with Gasteiger partial charge in [0.05, 0.1) is 25.7 Å². The second-order valence-electron chi connectivity index (χ2n) is 9.02. The van der Waals surface area contributed by atoms with Crippen LogP contribution in [0, 0.1) is 0 Å². The van der Waals surface area contributed by atoms with Crippen LogP contribution in [0.15, 0.2) is 60.2 Å². The Balaban J connectivity index is 1.73. The number of ether oxygens (including phenoxy) is 2. The van der Waals surface area contributed by atoms with Crippen molar-refractivity contribution >= 4 is 17.6 Å². The number of nitrogens with zero attached hydrogens (tertiary/aromatic N) is 1. The summed E-state index contributed by atoms with van der Waals surface area (Å²) in [5.74, 6) is -1.12. The highest BCUT2D eigenvalue weighted by Gasteiger charge is 2.50. The van der Waals surface area contributed by atoms with Crippen LogP contribution in [0.2, 0.25) is 0 Å². The number of hydrogen-bond acceptors (Lipinski definition) is 7. The Bertz CT molecular complexity index is 1190. The molecule has 0 fully saturated rings. The molecule has 1 aliphatic carbocycles. The average Bonchev–Trinajstić information content (AvgIpc) is 3.32. The first-order valence-corrected chi connectivity index (χ1v) is 12.4. The van der Waals surface area contributed by atoms with Gasteiger partial charge in [-0.25, -0.2) is 0 Å². The maximum atomic E-state index is 13.3. The van der Waals surface area contributed by atoms with Gasteiger partial charge in [-0.15, -0.1) is 0 Å². The Hall–Kier alpha value is -3.69. The van der Waals surface area contributed by atoms with Gasteiger partial charge in [0.1, 0.15) is 23.7 Å². The third-order valence-corrected chi connectivity index (χ3v) is 6.87. The van der Waals surface area contributed by atoms with Crippen molar-refractivity contribution < 1.29 is 34.1 Å². The van der Waals surface area contributed by atoms with Crippen LogP contribution in [0.3, 0.4) is 0 Å². The number of hydrogen-bond donors (Lipinski definition) is 3.